The molecule has 1 aromatic heterocycles. The fraction of sp³-hybridized carbons (Fsp3) is 0.545. The highest BCUT2D eigenvalue weighted by molar-refractivity contribution is 6.14. The zero-order valence-corrected chi connectivity index (χ0v) is 17.2. The van der Waals surface area contributed by atoms with Crippen LogP contribution in [0.15, 0.2) is 18.2 Å². The molecule has 0 unspecified atom stereocenters. The molecule has 2 saturated heterocycles. The van der Waals surface area contributed by atoms with Crippen molar-refractivity contribution in [1.29, 1.82) is 0 Å². The van der Waals surface area contributed by atoms with E-state index < -0.39 is 0 Å². The van der Waals surface area contributed by atoms with E-state index in [4.69, 9.17) is 0 Å². The van der Waals surface area contributed by atoms with Gasteiger partial charge in [0.05, 0.1) is 11.2 Å². The molecule has 2 aliphatic rings. The number of nitrogens with one attached hydrogen (secondary N) is 1. The quantitative estimate of drug-likeness (QED) is 0.811. The van der Waals surface area contributed by atoms with Gasteiger partial charge in [-0.25, -0.2) is 4.39 Å². The Morgan fingerprint density at radius 2 is 2.03 bits per heavy atom. The SMILES string of the molecule is CCN1CCC[C@@H]1CNC(=O)c1c(N2CCCC2=O)c2cc(F)ccc2n1CC. The fourth-order valence-corrected chi connectivity index (χ4v) is 4.86. The van der Waals surface area contributed by atoms with Crippen molar-refractivity contribution in [2.75, 3.05) is 31.1 Å². The lowest BCUT2D eigenvalue weighted by atomic mass is 10.2. The second-order valence-electron chi connectivity index (χ2n) is 7.89. The molecule has 0 bridgehead atoms. The molecule has 4 rings (SSSR count). The Kier molecular flexibility index (Phi) is 5.58. The van der Waals surface area contributed by atoms with Gasteiger partial charge in [0.25, 0.3) is 5.91 Å². The summed E-state index contributed by atoms with van der Waals surface area (Å²) in [6.45, 7) is 7.86. The monoisotopic (exact) mass is 400 g/mol. The fourth-order valence-electron chi connectivity index (χ4n) is 4.86. The molecule has 1 N–H and O–H groups in total. The van der Waals surface area contributed by atoms with Crippen molar-refractivity contribution in [3.05, 3.63) is 29.7 Å². The number of likely N-dealkylation sites (N-methyl/N-ethyl adjacent to an activating group) is 1. The van der Waals surface area contributed by atoms with Gasteiger partial charge in [-0.15, -0.1) is 0 Å². The number of benzene rings is 1. The van der Waals surface area contributed by atoms with Crippen LogP contribution in [0.3, 0.4) is 0 Å². The second-order valence-corrected chi connectivity index (χ2v) is 7.89. The van der Waals surface area contributed by atoms with Gasteiger partial charge in [-0.1, -0.05) is 6.92 Å². The molecule has 3 heterocycles. The third-order valence-corrected chi connectivity index (χ3v) is 6.28. The molecule has 0 spiro atoms. The summed E-state index contributed by atoms with van der Waals surface area (Å²) in [5.74, 6) is -0.567. The van der Waals surface area contributed by atoms with Crippen LogP contribution < -0.4 is 10.2 Å². The largest absolute Gasteiger partial charge is 0.349 e. The normalized spacial score (nSPS) is 20.2. The first-order chi connectivity index (χ1) is 14.0. The van der Waals surface area contributed by atoms with Crippen molar-refractivity contribution in [2.24, 2.45) is 0 Å². The van der Waals surface area contributed by atoms with E-state index in [1.54, 1.807) is 11.0 Å². The van der Waals surface area contributed by atoms with E-state index >= 15 is 0 Å². The number of aromatic nitrogens is 1. The maximum Gasteiger partial charge on any atom is 0.270 e. The maximum atomic E-state index is 14.1. The molecule has 0 radical (unpaired) electrons. The van der Waals surface area contributed by atoms with Crippen LogP contribution in [0.1, 0.15) is 50.0 Å². The zero-order valence-electron chi connectivity index (χ0n) is 17.2. The number of carbonyl (C=O) groups excluding carboxylic acids is 2. The van der Waals surface area contributed by atoms with Gasteiger partial charge < -0.3 is 14.8 Å². The predicted octanol–water partition coefficient (Wildman–Crippen LogP) is 3.14. The van der Waals surface area contributed by atoms with Gasteiger partial charge in [0.15, 0.2) is 0 Å². The van der Waals surface area contributed by atoms with Crippen LogP contribution in [0.25, 0.3) is 10.9 Å². The Balaban J connectivity index is 1.73. The summed E-state index contributed by atoms with van der Waals surface area (Å²) < 4.78 is 16.0. The zero-order chi connectivity index (χ0) is 20.5. The van der Waals surface area contributed by atoms with Crippen molar-refractivity contribution in [2.45, 2.75) is 52.1 Å². The molecule has 2 fully saturated rings. The van der Waals surface area contributed by atoms with Crippen LogP contribution in [0.4, 0.5) is 10.1 Å². The Bertz CT molecular complexity index is 939. The molecule has 6 nitrogen and oxygen atoms in total. The predicted molar refractivity (Wildman–Crippen MR) is 112 cm³/mol. The first-order valence-electron chi connectivity index (χ1n) is 10.7. The molecule has 2 aromatic rings. The Labute approximate surface area is 170 Å². The summed E-state index contributed by atoms with van der Waals surface area (Å²) in [6.07, 6.45) is 3.44. The van der Waals surface area contributed by atoms with Gasteiger partial charge in [-0.2, -0.15) is 0 Å². The lowest BCUT2D eigenvalue weighted by molar-refractivity contribution is -0.117. The highest BCUT2D eigenvalue weighted by atomic mass is 19.1. The summed E-state index contributed by atoms with van der Waals surface area (Å²) in [5, 5.41) is 3.73. The maximum absolute atomic E-state index is 14.1. The van der Waals surface area contributed by atoms with E-state index in [0.717, 1.165) is 37.9 Å². The van der Waals surface area contributed by atoms with Crippen molar-refractivity contribution in [3.63, 3.8) is 0 Å². The lowest BCUT2D eigenvalue weighted by Crippen LogP contribution is -2.41. The van der Waals surface area contributed by atoms with Crippen LogP contribution in [-0.2, 0) is 11.3 Å². The number of hydrogen-bond acceptors (Lipinski definition) is 3. The highest BCUT2D eigenvalue weighted by Gasteiger charge is 2.32. The van der Waals surface area contributed by atoms with Gasteiger partial charge in [-0.3, -0.25) is 14.5 Å². The first-order valence-corrected chi connectivity index (χ1v) is 10.7. The molecule has 2 amide bonds. The smallest absolute Gasteiger partial charge is 0.270 e. The number of carbonyl (C=O) groups is 2. The number of anilines is 1. The summed E-state index contributed by atoms with van der Waals surface area (Å²) >= 11 is 0. The van der Waals surface area contributed by atoms with Crippen LogP contribution in [-0.4, -0.2) is 53.5 Å². The number of aryl methyl sites for hydroxylation is 1. The second kappa shape index (κ2) is 8.14. The minimum absolute atomic E-state index is 0.00795. The summed E-state index contributed by atoms with van der Waals surface area (Å²) in [5.41, 5.74) is 1.80. The number of fused-ring (bicyclic) bond motifs is 1. The van der Waals surface area contributed by atoms with Gasteiger partial charge in [0.1, 0.15) is 11.5 Å². The molecule has 156 valence electrons. The Morgan fingerprint density at radius 3 is 2.72 bits per heavy atom. The number of nitrogens with zero attached hydrogens (tertiary/aromatic N) is 3. The molecule has 1 atom stereocenters. The number of likely N-dealkylation sites (tertiary alicyclic amines) is 1. The van der Waals surface area contributed by atoms with Crippen molar-refractivity contribution in [3.8, 4) is 0 Å². The Hall–Kier alpha value is -2.41. The summed E-state index contributed by atoms with van der Waals surface area (Å²) in [4.78, 5) is 29.9. The molecule has 7 heteroatoms. The molecular formula is C22H29FN4O2. The molecule has 0 saturated carbocycles. The van der Waals surface area contributed by atoms with E-state index in [0.29, 0.717) is 48.9 Å². The average molecular weight is 400 g/mol. The van der Waals surface area contributed by atoms with E-state index in [-0.39, 0.29) is 17.6 Å². The van der Waals surface area contributed by atoms with Gasteiger partial charge in [0, 0.05) is 37.5 Å². The molecule has 29 heavy (non-hydrogen) atoms. The van der Waals surface area contributed by atoms with Crippen LogP contribution in [0, 0.1) is 5.82 Å². The molecule has 2 aliphatic heterocycles. The number of rotatable bonds is 6. The average Bonchev–Trinajstić information content (AvgIpc) is 3.42. The van der Waals surface area contributed by atoms with Crippen LogP contribution in [0.5, 0.6) is 0 Å². The Morgan fingerprint density at radius 1 is 1.21 bits per heavy atom. The molecule has 1 aromatic carbocycles. The van der Waals surface area contributed by atoms with E-state index in [9.17, 15) is 14.0 Å². The van der Waals surface area contributed by atoms with Crippen molar-refractivity contribution < 1.29 is 14.0 Å². The third-order valence-electron chi connectivity index (χ3n) is 6.28. The van der Waals surface area contributed by atoms with Gasteiger partial charge >= 0.3 is 0 Å². The van der Waals surface area contributed by atoms with E-state index in [1.807, 2.05) is 11.5 Å². The van der Waals surface area contributed by atoms with Crippen LogP contribution in [0.2, 0.25) is 0 Å². The molecular weight excluding hydrogens is 371 g/mol. The van der Waals surface area contributed by atoms with Crippen LogP contribution >= 0.6 is 0 Å². The van der Waals surface area contributed by atoms with Gasteiger partial charge in [0.2, 0.25) is 5.91 Å². The number of hydrogen-bond donors (Lipinski definition) is 1. The van der Waals surface area contributed by atoms with E-state index in [2.05, 4.69) is 17.1 Å². The van der Waals surface area contributed by atoms with Crippen molar-refractivity contribution >= 4 is 28.4 Å². The topological polar surface area (TPSA) is 57.6 Å². The number of halogens is 1. The number of amides is 2. The summed E-state index contributed by atoms with van der Waals surface area (Å²) in [7, 11) is 0. The highest BCUT2D eigenvalue weighted by Crippen LogP contribution is 2.37. The first kappa shape index (κ1) is 19.9. The standard InChI is InChI=1S/C22H29FN4O2/c1-3-25-11-5-7-16(25)14-24-22(29)21-20(27-12-6-8-19(27)28)17-13-15(23)9-10-18(17)26(21)4-2/h9-10,13,16H,3-8,11-12,14H2,1-2H3,(H,24,29)/t16-/m1/s1. The summed E-state index contributed by atoms with van der Waals surface area (Å²) in [6, 6.07) is 4.89. The minimum Gasteiger partial charge on any atom is -0.349 e. The lowest BCUT2D eigenvalue weighted by Gasteiger charge is -2.23. The third kappa shape index (κ3) is 3.52. The van der Waals surface area contributed by atoms with Gasteiger partial charge in [-0.05, 0) is 57.5 Å². The minimum atomic E-state index is -0.366. The molecule has 0 aliphatic carbocycles. The van der Waals surface area contributed by atoms with E-state index in [1.165, 1.54) is 12.1 Å². The van der Waals surface area contributed by atoms with Crippen molar-refractivity contribution in [1.82, 2.24) is 14.8 Å².